The molecule has 0 aliphatic carbocycles. The molecule has 1 heterocycles. The SMILES string of the molecule is C=C(C)C(O)(C(=C)C)c1ccc(CN(CCCOC)Cc2cccc(F)c2)o1. The molecule has 152 valence electrons. The van der Waals surface area contributed by atoms with Gasteiger partial charge in [-0.2, -0.15) is 0 Å². The summed E-state index contributed by atoms with van der Waals surface area (Å²) in [5.41, 5.74) is 0.613. The molecule has 1 aromatic heterocycles. The van der Waals surface area contributed by atoms with Crippen molar-refractivity contribution in [1.82, 2.24) is 4.90 Å². The topological polar surface area (TPSA) is 45.8 Å². The molecule has 4 nitrogen and oxygen atoms in total. The van der Waals surface area contributed by atoms with Gasteiger partial charge in [-0.15, -0.1) is 0 Å². The maximum absolute atomic E-state index is 13.5. The molecule has 1 aromatic carbocycles. The summed E-state index contributed by atoms with van der Waals surface area (Å²) in [5, 5.41) is 11.0. The summed E-state index contributed by atoms with van der Waals surface area (Å²) in [6.07, 6.45) is 0.848. The predicted octanol–water partition coefficient (Wildman–Crippen LogP) is 4.80. The van der Waals surface area contributed by atoms with Crippen molar-refractivity contribution in [3.8, 4) is 0 Å². The quantitative estimate of drug-likeness (QED) is 0.444. The van der Waals surface area contributed by atoms with E-state index in [0.717, 1.165) is 18.5 Å². The third-order valence-corrected chi connectivity index (χ3v) is 4.75. The van der Waals surface area contributed by atoms with Crippen LogP contribution in [0, 0.1) is 5.82 Å². The van der Waals surface area contributed by atoms with E-state index >= 15 is 0 Å². The highest BCUT2D eigenvalue weighted by molar-refractivity contribution is 5.35. The van der Waals surface area contributed by atoms with Crippen molar-refractivity contribution in [1.29, 1.82) is 0 Å². The van der Waals surface area contributed by atoms with Gasteiger partial charge in [-0.25, -0.2) is 4.39 Å². The van der Waals surface area contributed by atoms with Crippen LogP contribution in [-0.4, -0.2) is 30.3 Å². The van der Waals surface area contributed by atoms with Crippen LogP contribution in [0.2, 0.25) is 0 Å². The molecule has 0 saturated carbocycles. The van der Waals surface area contributed by atoms with Gasteiger partial charge in [0, 0.05) is 26.8 Å². The first-order chi connectivity index (χ1) is 13.3. The molecule has 2 rings (SSSR count). The Morgan fingerprint density at radius 1 is 1.18 bits per heavy atom. The maximum atomic E-state index is 13.5. The zero-order chi connectivity index (χ0) is 20.7. The van der Waals surface area contributed by atoms with E-state index in [9.17, 15) is 9.50 Å². The van der Waals surface area contributed by atoms with Crippen LogP contribution in [-0.2, 0) is 23.4 Å². The van der Waals surface area contributed by atoms with Crippen molar-refractivity contribution >= 4 is 0 Å². The lowest BCUT2D eigenvalue weighted by atomic mass is 9.87. The van der Waals surface area contributed by atoms with Gasteiger partial charge in [0.1, 0.15) is 17.3 Å². The second kappa shape index (κ2) is 9.82. The monoisotopic (exact) mass is 387 g/mol. The number of ether oxygens (including phenoxy) is 1. The molecule has 0 fully saturated rings. The molecule has 0 aliphatic heterocycles. The maximum Gasteiger partial charge on any atom is 0.163 e. The van der Waals surface area contributed by atoms with Gasteiger partial charge in [-0.05, 0) is 61.2 Å². The number of hydrogen-bond donors (Lipinski definition) is 1. The van der Waals surface area contributed by atoms with Crippen LogP contribution in [0.4, 0.5) is 4.39 Å². The van der Waals surface area contributed by atoms with E-state index in [-0.39, 0.29) is 5.82 Å². The first-order valence-corrected chi connectivity index (χ1v) is 9.36. The van der Waals surface area contributed by atoms with Gasteiger partial charge in [-0.3, -0.25) is 4.90 Å². The Hall–Kier alpha value is -2.21. The van der Waals surface area contributed by atoms with E-state index < -0.39 is 5.60 Å². The molecule has 0 bridgehead atoms. The van der Waals surface area contributed by atoms with E-state index in [1.807, 2.05) is 12.1 Å². The van der Waals surface area contributed by atoms with Gasteiger partial charge in [-0.1, -0.05) is 25.3 Å². The number of furan rings is 1. The standard InChI is InChI=1S/C23H30FNO3/c1-17(2)23(26,18(3)4)22-11-10-21(28-22)16-25(12-7-13-27-5)15-19-8-6-9-20(24)14-19/h6,8-11,14,26H,1,3,7,12-13,15-16H2,2,4-5H3. The number of hydrogen-bond acceptors (Lipinski definition) is 4. The van der Waals surface area contributed by atoms with Gasteiger partial charge >= 0.3 is 0 Å². The number of aliphatic hydroxyl groups is 1. The Bertz CT molecular complexity index is 798. The van der Waals surface area contributed by atoms with E-state index in [4.69, 9.17) is 9.15 Å². The van der Waals surface area contributed by atoms with Crippen LogP contribution in [0.15, 0.2) is 65.1 Å². The zero-order valence-corrected chi connectivity index (χ0v) is 17.0. The van der Waals surface area contributed by atoms with Crippen molar-refractivity contribution in [2.45, 2.75) is 39.0 Å². The van der Waals surface area contributed by atoms with Gasteiger partial charge in [0.2, 0.25) is 0 Å². The summed E-state index contributed by atoms with van der Waals surface area (Å²) >= 11 is 0. The fraction of sp³-hybridized carbons (Fsp3) is 0.391. The normalized spacial score (nSPS) is 11.8. The summed E-state index contributed by atoms with van der Waals surface area (Å²) < 4.78 is 24.6. The van der Waals surface area contributed by atoms with Crippen LogP contribution in [0.5, 0.6) is 0 Å². The minimum atomic E-state index is -1.39. The first-order valence-electron chi connectivity index (χ1n) is 9.36. The summed E-state index contributed by atoms with van der Waals surface area (Å²) in [7, 11) is 1.67. The molecular formula is C23H30FNO3. The van der Waals surface area contributed by atoms with E-state index in [1.165, 1.54) is 12.1 Å². The predicted molar refractivity (Wildman–Crippen MR) is 109 cm³/mol. The van der Waals surface area contributed by atoms with Gasteiger partial charge in [0.15, 0.2) is 5.60 Å². The molecule has 0 saturated heterocycles. The molecular weight excluding hydrogens is 357 g/mol. The summed E-state index contributed by atoms with van der Waals surface area (Å²) in [5.74, 6) is 0.873. The van der Waals surface area contributed by atoms with E-state index in [0.29, 0.717) is 42.4 Å². The summed E-state index contributed by atoms with van der Waals surface area (Å²) in [4.78, 5) is 2.16. The number of methoxy groups -OCH3 is 1. The number of benzene rings is 1. The first kappa shape index (κ1) is 22.1. The Labute approximate surface area is 166 Å². The highest BCUT2D eigenvalue weighted by atomic mass is 19.1. The van der Waals surface area contributed by atoms with E-state index in [2.05, 4.69) is 18.1 Å². The third kappa shape index (κ3) is 5.41. The fourth-order valence-corrected chi connectivity index (χ4v) is 3.20. The summed E-state index contributed by atoms with van der Waals surface area (Å²) in [6, 6.07) is 10.2. The molecule has 0 spiro atoms. The lowest BCUT2D eigenvalue weighted by Crippen LogP contribution is -2.27. The van der Waals surface area contributed by atoms with Gasteiger partial charge in [0.25, 0.3) is 0 Å². The highest BCUT2D eigenvalue weighted by Crippen LogP contribution is 2.36. The number of nitrogens with zero attached hydrogens (tertiary/aromatic N) is 1. The van der Waals surface area contributed by atoms with Crippen LogP contribution in [0.3, 0.4) is 0 Å². The molecule has 2 aromatic rings. The molecule has 0 atom stereocenters. The Balaban J connectivity index is 2.18. The minimum Gasteiger partial charge on any atom is -0.461 e. The van der Waals surface area contributed by atoms with Gasteiger partial charge < -0.3 is 14.3 Å². The Morgan fingerprint density at radius 2 is 1.89 bits per heavy atom. The molecule has 0 radical (unpaired) electrons. The fourth-order valence-electron chi connectivity index (χ4n) is 3.20. The van der Waals surface area contributed by atoms with E-state index in [1.54, 1.807) is 33.1 Å². The average molecular weight is 387 g/mol. The zero-order valence-electron chi connectivity index (χ0n) is 17.0. The largest absolute Gasteiger partial charge is 0.461 e. The van der Waals surface area contributed by atoms with Crippen molar-refractivity contribution < 1.29 is 18.7 Å². The number of halogens is 1. The molecule has 5 heteroatoms. The van der Waals surface area contributed by atoms with Crippen molar-refractivity contribution in [3.63, 3.8) is 0 Å². The lowest BCUT2D eigenvalue weighted by Gasteiger charge is -2.27. The Kier molecular flexibility index (Phi) is 7.75. The van der Waals surface area contributed by atoms with Crippen LogP contribution >= 0.6 is 0 Å². The minimum absolute atomic E-state index is 0.248. The smallest absolute Gasteiger partial charge is 0.163 e. The Morgan fingerprint density at radius 3 is 2.50 bits per heavy atom. The molecule has 0 aliphatic rings. The van der Waals surface area contributed by atoms with Gasteiger partial charge in [0.05, 0.1) is 6.54 Å². The van der Waals surface area contributed by atoms with Crippen molar-refractivity contribution in [2.75, 3.05) is 20.3 Å². The average Bonchev–Trinajstić information content (AvgIpc) is 3.09. The van der Waals surface area contributed by atoms with Crippen LogP contribution < -0.4 is 0 Å². The highest BCUT2D eigenvalue weighted by Gasteiger charge is 2.34. The molecule has 1 N–H and O–H groups in total. The second-order valence-electron chi connectivity index (χ2n) is 7.22. The summed E-state index contributed by atoms with van der Waals surface area (Å²) in [6.45, 7) is 13.8. The molecule has 28 heavy (non-hydrogen) atoms. The molecule has 0 unspecified atom stereocenters. The number of rotatable bonds is 11. The van der Waals surface area contributed by atoms with Crippen molar-refractivity contribution in [3.05, 3.63) is 83.6 Å². The molecule has 0 amide bonds. The third-order valence-electron chi connectivity index (χ3n) is 4.75. The second-order valence-corrected chi connectivity index (χ2v) is 7.22. The van der Waals surface area contributed by atoms with Crippen molar-refractivity contribution in [2.24, 2.45) is 0 Å². The lowest BCUT2D eigenvalue weighted by molar-refractivity contribution is 0.0874. The van der Waals surface area contributed by atoms with Crippen LogP contribution in [0.1, 0.15) is 37.4 Å². The van der Waals surface area contributed by atoms with Crippen LogP contribution in [0.25, 0.3) is 0 Å².